The van der Waals surface area contributed by atoms with Crippen LogP contribution in [0.25, 0.3) is 0 Å². The summed E-state index contributed by atoms with van der Waals surface area (Å²) in [6, 6.07) is 10.8. The van der Waals surface area contributed by atoms with E-state index >= 15 is 0 Å². The summed E-state index contributed by atoms with van der Waals surface area (Å²) in [5.74, 6) is 2.92. The molecule has 1 aromatic carbocycles. The van der Waals surface area contributed by atoms with Gasteiger partial charge in [-0.3, -0.25) is 0 Å². The molecule has 0 saturated carbocycles. The Kier molecular flexibility index (Phi) is 4.27. The van der Waals surface area contributed by atoms with Crippen molar-refractivity contribution in [1.82, 2.24) is 9.97 Å². The van der Waals surface area contributed by atoms with Gasteiger partial charge >= 0.3 is 0 Å². The van der Waals surface area contributed by atoms with Crippen molar-refractivity contribution < 1.29 is 0 Å². The molecule has 0 aliphatic carbocycles. The maximum Gasteiger partial charge on any atom is 0.134 e. The van der Waals surface area contributed by atoms with E-state index in [4.69, 9.17) is 0 Å². The first-order valence-electron chi connectivity index (χ1n) is 8.13. The Hall–Kier alpha value is -2.10. The SMILES string of the molecule is CCN(CC)c1cc(N2CCc3ccccc3C2)nc(C)n1. The van der Waals surface area contributed by atoms with Gasteiger partial charge in [-0.15, -0.1) is 0 Å². The summed E-state index contributed by atoms with van der Waals surface area (Å²) in [6.07, 6.45) is 1.08. The average molecular weight is 296 g/mol. The van der Waals surface area contributed by atoms with Crippen molar-refractivity contribution in [3.05, 3.63) is 47.3 Å². The van der Waals surface area contributed by atoms with Crippen LogP contribution >= 0.6 is 0 Å². The lowest BCUT2D eigenvalue weighted by molar-refractivity contribution is 0.715. The maximum atomic E-state index is 4.67. The van der Waals surface area contributed by atoms with E-state index < -0.39 is 0 Å². The van der Waals surface area contributed by atoms with Crippen LogP contribution in [0.1, 0.15) is 30.8 Å². The van der Waals surface area contributed by atoms with Crippen LogP contribution in [0.2, 0.25) is 0 Å². The molecule has 2 heterocycles. The summed E-state index contributed by atoms with van der Waals surface area (Å²) in [6.45, 7) is 10.2. The molecule has 1 aromatic heterocycles. The molecule has 0 fully saturated rings. The summed E-state index contributed by atoms with van der Waals surface area (Å²) < 4.78 is 0. The molecule has 2 aromatic rings. The third-order valence-electron chi connectivity index (χ3n) is 4.35. The van der Waals surface area contributed by atoms with Gasteiger partial charge in [0, 0.05) is 32.2 Å². The van der Waals surface area contributed by atoms with Gasteiger partial charge in [-0.1, -0.05) is 24.3 Å². The predicted molar refractivity (Wildman–Crippen MR) is 91.5 cm³/mol. The van der Waals surface area contributed by atoms with Crippen molar-refractivity contribution in [2.24, 2.45) is 0 Å². The lowest BCUT2D eigenvalue weighted by Gasteiger charge is -2.31. The van der Waals surface area contributed by atoms with Gasteiger partial charge in [0.15, 0.2) is 0 Å². The van der Waals surface area contributed by atoms with E-state index in [9.17, 15) is 0 Å². The van der Waals surface area contributed by atoms with E-state index in [1.165, 1.54) is 11.1 Å². The number of nitrogens with zero attached hydrogens (tertiary/aromatic N) is 4. The zero-order valence-electron chi connectivity index (χ0n) is 13.7. The lowest BCUT2D eigenvalue weighted by atomic mass is 10.00. The Bertz CT molecular complexity index is 649. The monoisotopic (exact) mass is 296 g/mol. The molecule has 0 atom stereocenters. The van der Waals surface area contributed by atoms with E-state index in [2.05, 4.69) is 63.9 Å². The molecule has 116 valence electrons. The Morgan fingerprint density at radius 2 is 1.82 bits per heavy atom. The van der Waals surface area contributed by atoms with Gasteiger partial charge in [0.05, 0.1) is 0 Å². The predicted octanol–water partition coefficient (Wildman–Crippen LogP) is 3.19. The number of hydrogen-bond donors (Lipinski definition) is 0. The smallest absolute Gasteiger partial charge is 0.134 e. The fourth-order valence-electron chi connectivity index (χ4n) is 3.10. The van der Waals surface area contributed by atoms with Gasteiger partial charge in [-0.05, 0) is 38.3 Å². The number of anilines is 2. The fraction of sp³-hybridized carbons (Fsp3) is 0.444. The van der Waals surface area contributed by atoms with E-state index in [0.29, 0.717) is 0 Å². The number of rotatable bonds is 4. The Balaban J connectivity index is 1.89. The molecule has 4 nitrogen and oxygen atoms in total. The van der Waals surface area contributed by atoms with Gasteiger partial charge in [0.25, 0.3) is 0 Å². The van der Waals surface area contributed by atoms with E-state index in [1.807, 2.05) is 6.92 Å². The highest BCUT2D eigenvalue weighted by Gasteiger charge is 2.18. The Labute approximate surface area is 132 Å². The lowest BCUT2D eigenvalue weighted by Crippen LogP contribution is -2.32. The van der Waals surface area contributed by atoms with Crippen LogP contribution in [-0.4, -0.2) is 29.6 Å². The molecule has 0 radical (unpaired) electrons. The molecule has 0 spiro atoms. The molecule has 1 aliphatic heterocycles. The second-order valence-electron chi connectivity index (χ2n) is 5.74. The fourth-order valence-corrected chi connectivity index (χ4v) is 3.10. The first-order valence-corrected chi connectivity index (χ1v) is 8.13. The van der Waals surface area contributed by atoms with E-state index in [1.54, 1.807) is 0 Å². The van der Waals surface area contributed by atoms with Gasteiger partial charge in [0.2, 0.25) is 0 Å². The molecule has 1 aliphatic rings. The van der Waals surface area contributed by atoms with Crippen molar-refractivity contribution in [3.63, 3.8) is 0 Å². The highest BCUT2D eigenvalue weighted by molar-refractivity contribution is 5.52. The molecule has 0 unspecified atom stereocenters. The van der Waals surface area contributed by atoms with Gasteiger partial charge < -0.3 is 9.80 Å². The van der Waals surface area contributed by atoms with Crippen molar-refractivity contribution in [3.8, 4) is 0 Å². The highest BCUT2D eigenvalue weighted by Crippen LogP contribution is 2.25. The molecule has 4 heteroatoms. The molecule has 0 amide bonds. The molecular formula is C18H24N4. The number of benzene rings is 1. The number of fused-ring (bicyclic) bond motifs is 1. The summed E-state index contributed by atoms with van der Waals surface area (Å²) in [4.78, 5) is 13.9. The standard InChI is InChI=1S/C18H24N4/c1-4-21(5-2)17-12-18(20-14(3)19-17)22-11-10-15-8-6-7-9-16(15)13-22/h6-9,12H,4-5,10-11,13H2,1-3H3. The van der Waals surface area contributed by atoms with E-state index in [-0.39, 0.29) is 0 Å². The van der Waals surface area contributed by atoms with Crippen LogP contribution in [0.4, 0.5) is 11.6 Å². The Morgan fingerprint density at radius 3 is 2.55 bits per heavy atom. The normalized spacial score (nSPS) is 13.9. The zero-order valence-corrected chi connectivity index (χ0v) is 13.7. The van der Waals surface area contributed by atoms with Crippen LogP contribution in [-0.2, 0) is 13.0 Å². The summed E-state index contributed by atoms with van der Waals surface area (Å²) in [5.41, 5.74) is 2.88. The maximum absolute atomic E-state index is 4.67. The summed E-state index contributed by atoms with van der Waals surface area (Å²) in [7, 11) is 0. The molecule has 22 heavy (non-hydrogen) atoms. The van der Waals surface area contributed by atoms with Gasteiger partial charge in [-0.2, -0.15) is 0 Å². The minimum absolute atomic E-state index is 0.846. The minimum atomic E-state index is 0.846. The highest BCUT2D eigenvalue weighted by atomic mass is 15.2. The summed E-state index contributed by atoms with van der Waals surface area (Å²) in [5, 5.41) is 0. The molecule has 3 rings (SSSR count). The average Bonchev–Trinajstić information content (AvgIpc) is 2.55. The summed E-state index contributed by atoms with van der Waals surface area (Å²) >= 11 is 0. The topological polar surface area (TPSA) is 32.3 Å². The second-order valence-corrected chi connectivity index (χ2v) is 5.74. The van der Waals surface area contributed by atoms with Crippen LogP contribution in [0.5, 0.6) is 0 Å². The van der Waals surface area contributed by atoms with Crippen LogP contribution in [0.15, 0.2) is 30.3 Å². The van der Waals surface area contributed by atoms with Crippen molar-refractivity contribution in [2.75, 3.05) is 29.4 Å². The molecule has 0 bridgehead atoms. The molecule has 0 saturated heterocycles. The first-order chi connectivity index (χ1) is 10.7. The van der Waals surface area contributed by atoms with Crippen LogP contribution in [0.3, 0.4) is 0 Å². The number of hydrogen-bond acceptors (Lipinski definition) is 4. The third-order valence-corrected chi connectivity index (χ3v) is 4.35. The number of aromatic nitrogens is 2. The van der Waals surface area contributed by atoms with Crippen LogP contribution < -0.4 is 9.80 Å². The minimum Gasteiger partial charge on any atom is -0.357 e. The van der Waals surface area contributed by atoms with Crippen molar-refractivity contribution in [1.29, 1.82) is 0 Å². The second kappa shape index (κ2) is 6.34. The third kappa shape index (κ3) is 2.91. The van der Waals surface area contributed by atoms with Gasteiger partial charge in [-0.25, -0.2) is 9.97 Å². The first kappa shape index (κ1) is 14.8. The Morgan fingerprint density at radius 1 is 1.09 bits per heavy atom. The molecular weight excluding hydrogens is 272 g/mol. The number of aryl methyl sites for hydroxylation is 1. The largest absolute Gasteiger partial charge is 0.357 e. The van der Waals surface area contributed by atoms with Gasteiger partial charge in [0.1, 0.15) is 17.5 Å². The zero-order chi connectivity index (χ0) is 15.5. The van der Waals surface area contributed by atoms with E-state index in [0.717, 1.165) is 50.1 Å². The molecule has 0 N–H and O–H groups in total. The van der Waals surface area contributed by atoms with Crippen molar-refractivity contribution >= 4 is 11.6 Å². The van der Waals surface area contributed by atoms with Crippen molar-refractivity contribution in [2.45, 2.75) is 33.7 Å². The quantitative estimate of drug-likeness (QED) is 0.867. The van der Waals surface area contributed by atoms with Crippen LogP contribution in [0, 0.1) is 6.92 Å².